The van der Waals surface area contributed by atoms with Gasteiger partial charge in [-0.3, -0.25) is 4.98 Å². The molecule has 0 saturated heterocycles. The molecule has 0 aliphatic rings. The quantitative estimate of drug-likeness (QED) is 0.298. The average molecular weight is 445 g/mol. The minimum atomic E-state index is 0.600. The summed E-state index contributed by atoms with van der Waals surface area (Å²) in [5, 5.41) is 7.88. The van der Waals surface area contributed by atoms with Crippen LogP contribution in [-0.2, 0) is 19.4 Å². The minimum Gasteiger partial charge on any atom is -0.362 e. The molecule has 162 valence electrons. The van der Waals surface area contributed by atoms with Crippen molar-refractivity contribution in [1.29, 1.82) is 0 Å². The van der Waals surface area contributed by atoms with Crippen LogP contribution in [0.25, 0.3) is 21.4 Å². The van der Waals surface area contributed by atoms with Gasteiger partial charge < -0.3 is 15.6 Å². The van der Waals surface area contributed by atoms with Crippen molar-refractivity contribution in [2.75, 3.05) is 18.4 Å². The predicted molar refractivity (Wildman–Crippen MR) is 128 cm³/mol. The third-order valence-corrected chi connectivity index (χ3v) is 6.17. The van der Waals surface area contributed by atoms with Crippen molar-refractivity contribution >= 4 is 38.5 Å². The van der Waals surface area contributed by atoms with E-state index in [0.717, 1.165) is 75.2 Å². The van der Waals surface area contributed by atoms with Crippen LogP contribution in [-0.4, -0.2) is 43.0 Å². The molecule has 0 radical (unpaired) electrons. The molecular formula is C23H24N8S. The van der Waals surface area contributed by atoms with Gasteiger partial charge in [0.05, 0.1) is 28.3 Å². The number of aryl methyl sites for hydroxylation is 1. The van der Waals surface area contributed by atoms with E-state index < -0.39 is 0 Å². The lowest BCUT2D eigenvalue weighted by Crippen LogP contribution is -2.20. The molecule has 0 fully saturated rings. The van der Waals surface area contributed by atoms with Gasteiger partial charge in [-0.05, 0) is 30.7 Å². The average Bonchev–Trinajstić information content (AvgIpc) is 3.42. The number of nitrogens with one attached hydrogen (secondary N) is 3. The maximum Gasteiger partial charge on any atom is 0.157 e. The van der Waals surface area contributed by atoms with Gasteiger partial charge in [0.2, 0.25) is 0 Å². The Labute approximate surface area is 189 Å². The van der Waals surface area contributed by atoms with Crippen molar-refractivity contribution in [3.63, 3.8) is 0 Å². The zero-order chi connectivity index (χ0) is 21.8. The first-order valence-corrected chi connectivity index (χ1v) is 11.5. The zero-order valence-corrected chi connectivity index (χ0v) is 18.6. The molecule has 4 heterocycles. The number of nitrogens with zero attached hydrogens (tertiary/aromatic N) is 5. The third kappa shape index (κ3) is 4.74. The van der Waals surface area contributed by atoms with Crippen molar-refractivity contribution in [1.82, 2.24) is 35.2 Å². The van der Waals surface area contributed by atoms with Crippen molar-refractivity contribution in [3.8, 4) is 0 Å². The second-order valence-electron chi connectivity index (χ2n) is 7.61. The number of pyridine rings is 1. The first-order chi connectivity index (χ1) is 15.7. The number of para-hydroxylation sites is 2. The van der Waals surface area contributed by atoms with Gasteiger partial charge in [-0.25, -0.2) is 19.9 Å². The Morgan fingerprint density at radius 1 is 0.969 bits per heavy atom. The minimum absolute atomic E-state index is 0.600. The molecule has 0 saturated carbocycles. The molecule has 4 aromatic heterocycles. The third-order valence-electron chi connectivity index (χ3n) is 5.14. The van der Waals surface area contributed by atoms with E-state index in [-0.39, 0.29) is 0 Å². The fourth-order valence-corrected chi connectivity index (χ4v) is 4.37. The Morgan fingerprint density at radius 3 is 2.75 bits per heavy atom. The number of fused-ring (bicyclic) bond motifs is 2. The van der Waals surface area contributed by atoms with Gasteiger partial charge in [0.1, 0.15) is 22.5 Å². The molecule has 0 aliphatic heterocycles. The zero-order valence-electron chi connectivity index (χ0n) is 17.8. The number of hydrogen-bond donors (Lipinski definition) is 3. The Bertz CT molecular complexity index is 1290. The molecule has 0 unspecified atom stereocenters. The maximum atomic E-state index is 4.78. The van der Waals surface area contributed by atoms with E-state index in [9.17, 15) is 0 Å². The molecule has 1 aromatic carbocycles. The van der Waals surface area contributed by atoms with Gasteiger partial charge in [-0.2, -0.15) is 0 Å². The number of thiazole rings is 1. The number of aromatic nitrogens is 6. The summed E-state index contributed by atoms with van der Waals surface area (Å²) in [6, 6.07) is 12.2. The van der Waals surface area contributed by atoms with E-state index >= 15 is 0 Å². The fraction of sp³-hybridized carbons (Fsp3) is 0.261. The first-order valence-electron chi connectivity index (χ1n) is 10.6. The highest BCUT2D eigenvalue weighted by Gasteiger charge is 2.11. The molecule has 0 aliphatic carbocycles. The lowest BCUT2D eigenvalue weighted by Gasteiger charge is -2.05. The summed E-state index contributed by atoms with van der Waals surface area (Å²) in [6.45, 7) is 4.34. The van der Waals surface area contributed by atoms with Crippen LogP contribution >= 0.6 is 11.3 Å². The van der Waals surface area contributed by atoms with Gasteiger partial charge in [0.25, 0.3) is 0 Å². The molecule has 5 rings (SSSR count). The van der Waals surface area contributed by atoms with Crippen LogP contribution in [0.3, 0.4) is 0 Å². The van der Waals surface area contributed by atoms with Gasteiger partial charge in [0.15, 0.2) is 5.82 Å². The molecule has 8 nitrogen and oxygen atoms in total. The molecule has 0 bridgehead atoms. The van der Waals surface area contributed by atoms with Crippen LogP contribution in [0.4, 0.5) is 5.82 Å². The molecule has 9 heteroatoms. The molecule has 32 heavy (non-hydrogen) atoms. The topological polar surface area (TPSA) is 104 Å². The number of anilines is 1. The normalized spacial score (nSPS) is 11.4. The summed E-state index contributed by atoms with van der Waals surface area (Å²) < 4.78 is 0. The lowest BCUT2D eigenvalue weighted by molar-refractivity contribution is 0.670. The van der Waals surface area contributed by atoms with Crippen molar-refractivity contribution in [3.05, 3.63) is 71.0 Å². The van der Waals surface area contributed by atoms with Crippen LogP contribution in [0.15, 0.2) is 48.9 Å². The predicted octanol–water partition coefficient (Wildman–Crippen LogP) is 3.65. The summed E-state index contributed by atoms with van der Waals surface area (Å²) in [4.78, 5) is 26.9. The Hall–Kier alpha value is -3.43. The first kappa shape index (κ1) is 20.5. The SMILES string of the molecule is Cc1ccc(CNc2ncnc3sc(CCNCCc4nc5ccccc5[nH]4)nc23)nc1. The fourth-order valence-electron chi connectivity index (χ4n) is 3.46. The van der Waals surface area contributed by atoms with Gasteiger partial charge in [-0.15, -0.1) is 0 Å². The van der Waals surface area contributed by atoms with Gasteiger partial charge >= 0.3 is 0 Å². The van der Waals surface area contributed by atoms with E-state index in [0.29, 0.717) is 6.54 Å². The number of aromatic amines is 1. The molecule has 3 N–H and O–H groups in total. The number of hydrogen-bond acceptors (Lipinski definition) is 8. The number of rotatable bonds is 9. The van der Waals surface area contributed by atoms with E-state index in [4.69, 9.17) is 4.98 Å². The van der Waals surface area contributed by atoms with E-state index in [2.05, 4.69) is 47.7 Å². The van der Waals surface area contributed by atoms with Crippen molar-refractivity contribution in [2.24, 2.45) is 0 Å². The van der Waals surface area contributed by atoms with Crippen molar-refractivity contribution in [2.45, 2.75) is 26.3 Å². The molecule has 0 amide bonds. The van der Waals surface area contributed by atoms with E-state index in [1.807, 2.05) is 37.4 Å². The highest BCUT2D eigenvalue weighted by atomic mass is 32.1. The summed E-state index contributed by atoms with van der Waals surface area (Å²) >= 11 is 1.62. The van der Waals surface area contributed by atoms with Crippen molar-refractivity contribution < 1.29 is 0 Å². The summed E-state index contributed by atoms with van der Waals surface area (Å²) in [6.07, 6.45) is 5.16. The number of H-pyrrole nitrogens is 1. The molecule has 0 spiro atoms. The number of benzene rings is 1. The molecule has 0 atom stereocenters. The van der Waals surface area contributed by atoms with Crippen LogP contribution in [0.1, 0.15) is 22.1 Å². The highest BCUT2D eigenvalue weighted by molar-refractivity contribution is 7.18. The smallest absolute Gasteiger partial charge is 0.157 e. The monoisotopic (exact) mass is 444 g/mol. The summed E-state index contributed by atoms with van der Waals surface area (Å²) in [5.74, 6) is 1.76. The summed E-state index contributed by atoms with van der Waals surface area (Å²) in [7, 11) is 0. The van der Waals surface area contributed by atoms with Gasteiger partial charge in [-0.1, -0.05) is 29.5 Å². The standard InChI is InChI=1S/C23H24N8S/c1-15-6-7-16(25-12-15)13-26-22-21-23(28-14-27-22)32-20(31-21)9-11-24-10-8-19-29-17-4-2-3-5-18(17)30-19/h2-7,12,14,24H,8-11,13H2,1H3,(H,29,30)(H,26,27,28). The largest absolute Gasteiger partial charge is 0.362 e. The second kappa shape index (κ2) is 9.37. The Balaban J connectivity index is 1.14. The lowest BCUT2D eigenvalue weighted by atomic mass is 10.3. The summed E-state index contributed by atoms with van der Waals surface area (Å²) in [5.41, 5.74) is 5.03. The van der Waals surface area contributed by atoms with Gasteiger partial charge in [0, 0.05) is 32.1 Å². The van der Waals surface area contributed by atoms with Crippen LogP contribution in [0, 0.1) is 6.92 Å². The molecular weight excluding hydrogens is 420 g/mol. The Kier molecular flexibility index (Phi) is 6.00. The van der Waals surface area contributed by atoms with E-state index in [1.54, 1.807) is 17.7 Å². The van der Waals surface area contributed by atoms with E-state index in [1.165, 1.54) is 0 Å². The maximum absolute atomic E-state index is 4.78. The van der Waals surface area contributed by atoms with Crippen LogP contribution < -0.4 is 10.6 Å². The molecule has 5 aromatic rings. The Morgan fingerprint density at radius 2 is 1.88 bits per heavy atom. The highest BCUT2D eigenvalue weighted by Crippen LogP contribution is 2.25. The van der Waals surface area contributed by atoms with Crippen LogP contribution in [0.2, 0.25) is 0 Å². The van der Waals surface area contributed by atoms with Crippen LogP contribution in [0.5, 0.6) is 0 Å². The second-order valence-corrected chi connectivity index (χ2v) is 8.68. The number of imidazole rings is 1.